The molecule has 184 valence electrons. The van der Waals surface area contributed by atoms with Gasteiger partial charge in [0.05, 0.1) is 11.8 Å². The van der Waals surface area contributed by atoms with Gasteiger partial charge < -0.3 is 15.1 Å². The van der Waals surface area contributed by atoms with Crippen LogP contribution < -0.4 is 16.0 Å². The van der Waals surface area contributed by atoms with Crippen LogP contribution in [0.15, 0.2) is 77.5 Å². The molecule has 0 radical (unpaired) electrons. The molecule has 0 unspecified atom stereocenters. The number of pyridine rings is 1. The normalized spacial score (nSPS) is 11.1. The van der Waals surface area contributed by atoms with Crippen LogP contribution in [0.1, 0.15) is 27.2 Å². The Labute approximate surface area is 203 Å². The Morgan fingerprint density at radius 3 is 2.31 bits per heavy atom. The lowest BCUT2D eigenvalue weighted by Crippen LogP contribution is -2.19. The second-order valence-corrected chi connectivity index (χ2v) is 7.69. The number of anilines is 2. The maximum absolute atomic E-state index is 12.7. The minimum atomic E-state index is -4.43. The van der Waals surface area contributed by atoms with Crippen molar-refractivity contribution < 1.29 is 27.2 Å². The van der Waals surface area contributed by atoms with Crippen LogP contribution >= 0.6 is 0 Å². The van der Waals surface area contributed by atoms with Crippen LogP contribution in [0.5, 0.6) is 0 Å². The Hall–Kier alpha value is -4.67. The van der Waals surface area contributed by atoms with E-state index < -0.39 is 17.8 Å². The largest absolute Gasteiger partial charge is 0.423 e. The fourth-order valence-electron chi connectivity index (χ4n) is 3.33. The van der Waals surface area contributed by atoms with Crippen molar-refractivity contribution in [1.82, 2.24) is 15.3 Å². The average Bonchev–Trinajstić information content (AvgIpc) is 3.32. The van der Waals surface area contributed by atoms with E-state index in [0.717, 1.165) is 23.3 Å². The van der Waals surface area contributed by atoms with Crippen LogP contribution in [0.25, 0.3) is 11.3 Å². The fraction of sp³-hybridized carbons (Fsp3) is 0.120. The van der Waals surface area contributed by atoms with Crippen molar-refractivity contribution in [3.63, 3.8) is 0 Å². The number of carbonyl (C=O) groups is 2. The molecule has 4 rings (SSSR count). The molecule has 2 aromatic heterocycles. The second-order valence-electron chi connectivity index (χ2n) is 7.69. The summed E-state index contributed by atoms with van der Waals surface area (Å²) in [6.07, 6.45) is -0.978. The van der Waals surface area contributed by atoms with Crippen molar-refractivity contribution >= 4 is 23.6 Å². The van der Waals surface area contributed by atoms with E-state index in [4.69, 9.17) is 4.42 Å². The van der Waals surface area contributed by atoms with Gasteiger partial charge in [0.1, 0.15) is 5.69 Å². The third kappa shape index (κ3) is 6.06. The molecule has 4 aromatic rings. The molecule has 11 heteroatoms. The Balaban J connectivity index is 1.33. The van der Waals surface area contributed by atoms with Crippen molar-refractivity contribution in [3.8, 4) is 11.3 Å². The van der Waals surface area contributed by atoms with Gasteiger partial charge in [0.25, 0.3) is 5.91 Å². The Kier molecular flexibility index (Phi) is 7.00. The Bertz CT molecular complexity index is 1370. The molecule has 0 atom stereocenters. The van der Waals surface area contributed by atoms with E-state index in [1.807, 2.05) is 18.2 Å². The van der Waals surface area contributed by atoms with E-state index in [2.05, 4.69) is 25.9 Å². The van der Waals surface area contributed by atoms with Crippen molar-refractivity contribution in [2.45, 2.75) is 12.6 Å². The summed E-state index contributed by atoms with van der Waals surface area (Å²) in [7, 11) is 1.54. The molecule has 8 nitrogen and oxygen atoms in total. The summed E-state index contributed by atoms with van der Waals surface area (Å²) >= 11 is 0. The van der Waals surface area contributed by atoms with Crippen LogP contribution in [0.2, 0.25) is 0 Å². The Morgan fingerprint density at radius 2 is 1.64 bits per heavy atom. The molecular formula is C25H20F3N5O3. The number of carbonyl (C=O) groups excluding carboxylic acids is 2. The quantitative estimate of drug-likeness (QED) is 0.334. The predicted molar refractivity (Wildman–Crippen MR) is 126 cm³/mol. The maximum Gasteiger partial charge on any atom is 0.416 e. The van der Waals surface area contributed by atoms with Gasteiger partial charge in [-0.05, 0) is 53.9 Å². The van der Waals surface area contributed by atoms with Gasteiger partial charge in [0.2, 0.25) is 0 Å². The highest BCUT2D eigenvalue weighted by Gasteiger charge is 2.30. The van der Waals surface area contributed by atoms with Crippen molar-refractivity contribution in [2.24, 2.45) is 0 Å². The molecule has 0 aliphatic rings. The highest BCUT2D eigenvalue weighted by Crippen LogP contribution is 2.31. The number of benzene rings is 2. The maximum atomic E-state index is 12.7. The topological polar surface area (TPSA) is 109 Å². The molecule has 0 fully saturated rings. The summed E-state index contributed by atoms with van der Waals surface area (Å²) < 4.78 is 43.6. The lowest BCUT2D eigenvalue weighted by atomic mass is 10.0. The van der Waals surface area contributed by atoms with Gasteiger partial charge in [-0.2, -0.15) is 13.2 Å². The molecule has 0 saturated carbocycles. The summed E-state index contributed by atoms with van der Waals surface area (Å²) in [5, 5.41) is 7.62. The molecule has 3 N–H and O–H groups in total. The zero-order chi connectivity index (χ0) is 25.7. The standard InChI is InChI=1S/C25H20F3N5O3/c1-29-22(34)20-13-16(10-11-30-20)12-15-2-8-19(9-3-15)32-23(35)33-24-31-14-21(36-24)17-4-6-18(7-5-17)25(26,27)28/h2-11,13-14H,12H2,1H3,(H,29,34)(H2,31,32,33,35). The van der Waals surface area contributed by atoms with Gasteiger partial charge in [0, 0.05) is 24.5 Å². The van der Waals surface area contributed by atoms with E-state index in [1.165, 1.54) is 18.3 Å². The van der Waals surface area contributed by atoms with E-state index >= 15 is 0 Å². The number of amides is 3. The van der Waals surface area contributed by atoms with Crippen LogP contribution in [0, 0.1) is 0 Å². The zero-order valence-corrected chi connectivity index (χ0v) is 18.9. The average molecular weight is 495 g/mol. The number of nitrogens with zero attached hydrogens (tertiary/aromatic N) is 2. The summed E-state index contributed by atoms with van der Waals surface area (Å²) in [4.78, 5) is 32.0. The van der Waals surface area contributed by atoms with Gasteiger partial charge in [-0.1, -0.05) is 24.3 Å². The number of alkyl halides is 3. The van der Waals surface area contributed by atoms with Crippen LogP contribution in [-0.2, 0) is 12.6 Å². The summed E-state index contributed by atoms with van der Waals surface area (Å²) in [6, 6.07) is 14.4. The number of halogens is 3. The second kappa shape index (κ2) is 10.3. The molecule has 0 aliphatic carbocycles. The number of hydrogen-bond acceptors (Lipinski definition) is 5. The molecular weight excluding hydrogens is 475 g/mol. The van der Waals surface area contributed by atoms with Crippen molar-refractivity contribution in [2.75, 3.05) is 17.7 Å². The molecule has 0 spiro atoms. The highest BCUT2D eigenvalue weighted by molar-refractivity contribution is 5.98. The number of hydrogen-bond donors (Lipinski definition) is 3. The third-order valence-corrected chi connectivity index (χ3v) is 5.13. The third-order valence-electron chi connectivity index (χ3n) is 5.13. The number of rotatable bonds is 6. The summed E-state index contributed by atoms with van der Waals surface area (Å²) in [6.45, 7) is 0. The van der Waals surface area contributed by atoms with Gasteiger partial charge in [-0.15, -0.1) is 0 Å². The number of nitrogens with one attached hydrogen (secondary N) is 3. The minimum Gasteiger partial charge on any atom is -0.423 e. The zero-order valence-electron chi connectivity index (χ0n) is 18.9. The van der Waals surface area contributed by atoms with E-state index in [-0.39, 0.29) is 17.7 Å². The van der Waals surface area contributed by atoms with Crippen LogP contribution in [-0.4, -0.2) is 29.0 Å². The summed E-state index contributed by atoms with van der Waals surface area (Å²) in [5.41, 5.74) is 2.34. The molecule has 2 aromatic carbocycles. The SMILES string of the molecule is CNC(=O)c1cc(Cc2ccc(NC(=O)Nc3ncc(-c4ccc(C(F)(F)F)cc4)o3)cc2)ccn1. The number of oxazole rings is 1. The van der Waals surface area contributed by atoms with Gasteiger partial charge >= 0.3 is 18.2 Å². The molecule has 2 heterocycles. The minimum absolute atomic E-state index is 0.108. The Morgan fingerprint density at radius 1 is 0.917 bits per heavy atom. The lowest BCUT2D eigenvalue weighted by Gasteiger charge is -2.08. The number of aromatic nitrogens is 2. The monoisotopic (exact) mass is 495 g/mol. The molecule has 0 aliphatic heterocycles. The van der Waals surface area contributed by atoms with Gasteiger partial charge in [-0.25, -0.2) is 9.78 Å². The first-order valence-electron chi connectivity index (χ1n) is 10.7. The fourth-order valence-corrected chi connectivity index (χ4v) is 3.33. The number of urea groups is 1. The molecule has 0 bridgehead atoms. The summed E-state index contributed by atoms with van der Waals surface area (Å²) in [5.74, 6) is -0.0565. The van der Waals surface area contributed by atoms with E-state index in [0.29, 0.717) is 23.4 Å². The van der Waals surface area contributed by atoms with Gasteiger partial charge in [0.15, 0.2) is 5.76 Å². The first-order valence-corrected chi connectivity index (χ1v) is 10.7. The first kappa shape index (κ1) is 24.5. The van der Waals surface area contributed by atoms with Crippen molar-refractivity contribution in [1.29, 1.82) is 0 Å². The smallest absolute Gasteiger partial charge is 0.416 e. The molecule has 3 amide bonds. The molecule has 36 heavy (non-hydrogen) atoms. The van der Waals surface area contributed by atoms with E-state index in [1.54, 1.807) is 31.4 Å². The molecule has 0 saturated heterocycles. The first-order chi connectivity index (χ1) is 17.2. The van der Waals surface area contributed by atoms with Gasteiger partial charge in [-0.3, -0.25) is 15.1 Å². The van der Waals surface area contributed by atoms with Crippen LogP contribution in [0.4, 0.5) is 29.7 Å². The highest BCUT2D eigenvalue weighted by atomic mass is 19.4. The predicted octanol–water partition coefficient (Wildman–Crippen LogP) is 5.35. The van der Waals surface area contributed by atoms with Crippen molar-refractivity contribution in [3.05, 3.63) is 95.4 Å². The lowest BCUT2D eigenvalue weighted by molar-refractivity contribution is -0.137. The van der Waals surface area contributed by atoms with E-state index in [9.17, 15) is 22.8 Å². The van der Waals surface area contributed by atoms with Crippen LogP contribution in [0.3, 0.4) is 0 Å².